The molecule has 0 aliphatic carbocycles. The number of ether oxygens (including phenoxy) is 2. The van der Waals surface area contributed by atoms with Crippen molar-refractivity contribution >= 4 is 35.1 Å². The topological polar surface area (TPSA) is 55.8 Å². The Hall–Kier alpha value is -2.86. The third-order valence-electron chi connectivity index (χ3n) is 5.52. The Bertz CT molecular complexity index is 1130. The lowest BCUT2D eigenvalue weighted by atomic mass is 9.92. The summed E-state index contributed by atoms with van der Waals surface area (Å²) in [7, 11) is 0. The monoisotopic (exact) mass is 587 g/mol. The zero-order chi connectivity index (χ0) is 30.1. The molecule has 2 atom stereocenters. The number of benzene rings is 3. The number of carbonyl (C=O) groups excluding carboxylic acids is 2. The van der Waals surface area contributed by atoms with Gasteiger partial charge in [-0.05, 0) is 56.2 Å². The van der Waals surface area contributed by atoms with E-state index in [1.165, 1.54) is 22.4 Å². The molecule has 1 aliphatic rings. The first kappa shape index (κ1) is 35.2. The van der Waals surface area contributed by atoms with E-state index in [1.807, 2.05) is 38.1 Å². The molecule has 1 amide bonds. The van der Waals surface area contributed by atoms with Gasteiger partial charge in [0, 0.05) is 10.0 Å². The maximum Gasteiger partial charge on any atom is 0.325 e. The lowest BCUT2D eigenvalue weighted by Crippen LogP contribution is -2.48. The molecule has 40 heavy (non-hydrogen) atoms. The number of amides is 1. The largest absolute Gasteiger partial charge is 0.465 e. The van der Waals surface area contributed by atoms with Crippen LogP contribution in [0.5, 0.6) is 0 Å². The number of halogens is 2. The third-order valence-corrected chi connectivity index (χ3v) is 6.02. The number of nitrogens with zero attached hydrogens (tertiary/aromatic N) is 1. The number of hydrogen-bond acceptors (Lipinski definition) is 4. The zero-order valence-corrected chi connectivity index (χ0v) is 26.3. The van der Waals surface area contributed by atoms with Gasteiger partial charge in [-0.2, -0.15) is 0 Å². The summed E-state index contributed by atoms with van der Waals surface area (Å²) in [6.07, 6.45) is 0.801. The molecule has 1 aliphatic heterocycles. The number of hydrogen-bond donors (Lipinski definition) is 0. The number of rotatable bonds is 5. The molecule has 0 bridgehead atoms. The first-order valence-electron chi connectivity index (χ1n) is 13.8. The minimum Gasteiger partial charge on any atom is -0.465 e. The summed E-state index contributed by atoms with van der Waals surface area (Å²) in [4.78, 5) is 26.1. The Morgan fingerprint density at radius 3 is 1.77 bits per heavy atom. The second kappa shape index (κ2) is 19.3. The molecule has 3 aromatic rings. The highest BCUT2D eigenvalue weighted by atomic mass is 35.5. The van der Waals surface area contributed by atoms with Crippen molar-refractivity contribution in [1.82, 2.24) is 4.90 Å². The van der Waals surface area contributed by atoms with Crippen molar-refractivity contribution in [2.24, 2.45) is 0 Å². The normalized spacial score (nSPS) is 15.8. The van der Waals surface area contributed by atoms with E-state index in [0.29, 0.717) is 10.0 Å². The Balaban J connectivity index is 0.000000512. The summed E-state index contributed by atoms with van der Waals surface area (Å²) in [6.45, 7) is 14.2. The van der Waals surface area contributed by atoms with Crippen molar-refractivity contribution in [3.05, 3.63) is 105 Å². The maximum atomic E-state index is 12.6. The van der Waals surface area contributed by atoms with E-state index in [2.05, 4.69) is 52.0 Å². The SMILES string of the molecule is CC.CCC.CCOC(=O)CN1C(=O)COC(c2ccc(Cl)cc2)C1c1ccc(Cl)cc1.Cc1cccc(C)c1. The molecule has 3 aromatic carbocycles. The van der Waals surface area contributed by atoms with E-state index >= 15 is 0 Å². The van der Waals surface area contributed by atoms with E-state index in [1.54, 1.807) is 31.2 Å². The van der Waals surface area contributed by atoms with Crippen molar-refractivity contribution in [1.29, 1.82) is 0 Å². The first-order valence-corrected chi connectivity index (χ1v) is 14.6. The van der Waals surface area contributed by atoms with Gasteiger partial charge in [0.2, 0.25) is 5.91 Å². The van der Waals surface area contributed by atoms with Crippen LogP contribution in [-0.4, -0.2) is 36.5 Å². The lowest BCUT2D eigenvalue weighted by Gasteiger charge is -2.41. The Morgan fingerprint density at radius 1 is 0.875 bits per heavy atom. The van der Waals surface area contributed by atoms with Gasteiger partial charge < -0.3 is 14.4 Å². The van der Waals surface area contributed by atoms with Crippen LogP contribution in [0.2, 0.25) is 10.0 Å². The summed E-state index contributed by atoms with van der Waals surface area (Å²) < 4.78 is 10.9. The van der Waals surface area contributed by atoms with Gasteiger partial charge in [0.1, 0.15) is 19.3 Å². The second-order valence-corrected chi connectivity index (χ2v) is 9.84. The van der Waals surface area contributed by atoms with Gasteiger partial charge in [0.25, 0.3) is 0 Å². The van der Waals surface area contributed by atoms with Crippen molar-refractivity contribution in [2.75, 3.05) is 19.8 Å². The van der Waals surface area contributed by atoms with E-state index in [9.17, 15) is 9.59 Å². The zero-order valence-electron chi connectivity index (χ0n) is 24.7. The van der Waals surface area contributed by atoms with Gasteiger partial charge in [-0.3, -0.25) is 9.59 Å². The van der Waals surface area contributed by atoms with Crippen molar-refractivity contribution < 1.29 is 19.1 Å². The molecule has 0 spiro atoms. The summed E-state index contributed by atoms with van der Waals surface area (Å²) in [5.74, 6) is -0.727. The molecule has 1 heterocycles. The number of esters is 1. The number of carbonyl (C=O) groups is 2. The summed E-state index contributed by atoms with van der Waals surface area (Å²) in [5, 5.41) is 1.19. The molecular formula is C33H43Cl2NO4. The van der Waals surface area contributed by atoms with Crippen molar-refractivity contribution in [3.63, 3.8) is 0 Å². The highest BCUT2D eigenvalue weighted by molar-refractivity contribution is 6.30. The quantitative estimate of drug-likeness (QED) is 0.279. The Morgan fingerprint density at radius 2 is 1.35 bits per heavy atom. The van der Waals surface area contributed by atoms with E-state index in [4.69, 9.17) is 32.7 Å². The van der Waals surface area contributed by atoms with Crippen molar-refractivity contribution in [3.8, 4) is 0 Å². The molecular weight excluding hydrogens is 545 g/mol. The molecule has 1 saturated heterocycles. The van der Waals surface area contributed by atoms with Gasteiger partial charge in [-0.25, -0.2) is 0 Å². The summed E-state index contributed by atoms with van der Waals surface area (Å²) in [5.41, 5.74) is 4.35. The highest BCUT2D eigenvalue weighted by Crippen LogP contribution is 2.40. The maximum absolute atomic E-state index is 12.6. The lowest BCUT2D eigenvalue weighted by molar-refractivity contribution is -0.166. The number of morpholine rings is 1. The average Bonchev–Trinajstić information content (AvgIpc) is 2.93. The molecule has 0 saturated carbocycles. The van der Waals surface area contributed by atoms with Crippen LogP contribution in [-0.2, 0) is 19.1 Å². The minimum atomic E-state index is -0.492. The molecule has 0 N–H and O–H groups in total. The predicted molar refractivity (Wildman–Crippen MR) is 166 cm³/mol. The van der Waals surface area contributed by atoms with Crippen LogP contribution < -0.4 is 0 Å². The molecule has 0 aromatic heterocycles. The first-order chi connectivity index (χ1) is 19.2. The van der Waals surface area contributed by atoms with Crippen LogP contribution in [0.1, 0.15) is 75.4 Å². The van der Waals surface area contributed by atoms with Gasteiger partial charge in [-0.1, -0.05) is 117 Å². The third kappa shape index (κ3) is 11.7. The molecule has 5 nitrogen and oxygen atoms in total. The highest BCUT2D eigenvalue weighted by Gasteiger charge is 2.39. The number of aryl methyl sites for hydroxylation is 2. The Kier molecular flexibility index (Phi) is 16.9. The van der Waals surface area contributed by atoms with Crippen LogP contribution in [0.15, 0.2) is 72.8 Å². The van der Waals surface area contributed by atoms with Gasteiger partial charge in [0.15, 0.2) is 0 Å². The molecule has 1 fully saturated rings. The van der Waals surface area contributed by atoms with Gasteiger partial charge in [0.05, 0.1) is 12.6 Å². The van der Waals surface area contributed by atoms with Gasteiger partial charge >= 0.3 is 5.97 Å². The van der Waals surface area contributed by atoms with Crippen LogP contribution >= 0.6 is 23.2 Å². The van der Waals surface area contributed by atoms with Crippen LogP contribution in [0.25, 0.3) is 0 Å². The van der Waals surface area contributed by atoms with Crippen molar-refractivity contribution in [2.45, 2.75) is 67.0 Å². The Labute approximate surface area is 250 Å². The molecule has 2 unspecified atom stereocenters. The molecule has 7 heteroatoms. The standard InChI is InChI=1S/C20H19Cl2NO4.C8H10.C3H8.C2H6/c1-2-26-18(25)11-23-17(24)12-27-20(14-5-9-16(22)10-6-14)19(23)13-3-7-15(21)8-4-13;1-7-4-3-5-8(2)6-7;1-3-2;1-2/h3-10,19-20H,2,11-12H2,1H3;3-6H,1-2H3;3H2,1-2H3;1-2H3. The predicted octanol–water partition coefficient (Wildman–Crippen LogP) is 8.94. The van der Waals surface area contributed by atoms with E-state index < -0.39 is 18.1 Å². The second-order valence-electron chi connectivity index (χ2n) is 8.97. The molecule has 0 radical (unpaired) electrons. The smallest absolute Gasteiger partial charge is 0.325 e. The van der Waals surface area contributed by atoms with Crippen LogP contribution in [0.4, 0.5) is 0 Å². The summed E-state index contributed by atoms with van der Waals surface area (Å²) >= 11 is 12.0. The van der Waals surface area contributed by atoms with E-state index in [0.717, 1.165) is 11.1 Å². The molecule has 218 valence electrons. The average molecular weight is 589 g/mol. The minimum absolute atomic E-state index is 0.114. The molecule has 4 rings (SSSR count). The fourth-order valence-electron chi connectivity index (χ4n) is 3.94. The summed E-state index contributed by atoms with van der Waals surface area (Å²) in [6, 6.07) is 22.4. The van der Waals surface area contributed by atoms with Crippen LogP contribution in [0, 0.1) is 13.8 Å². The fraction of sp³-hybridized carbons (Fsp3) is 0.394. The fourth-order valence-corrected chi connectivity index (χ4v) is 4.19. The van der Waals surface area contributed by atoms with E-state index in [-0.39, 0.29) is 25.7 Å². The van der Waals surface area contributed by atoms with Gasteiger partial charge in [-0.15, -0.1) is 0 Å². The van der Waals surface area contributed by atoms with Crippen LogP contribution in [0.3, 0.4) is 0 Å².